The summed E-state index contributed by atoms with van der Waals surface area (Å²) in [7, 11) is 0. The average molecular weight is 193 g/mol. The van der Waals surface area contributed by atoms with Gasteiger partial charge in [-0.25, -0.2) is 4.98 Å². The van der Waals surface area contributed by atoms with Crippen LogP contribution in [-0.2, 0) is 6.18 Å². The van der Waals surface area contributed by atoms with Crippen LogP contribution in [0.3, 0.4) is 0 Å². The van der Waals surface area contributed by atoms with E-state index in [1.54, 1.807) is 0 Å². The molecule has 1 aromatic rings. The Balaban J connectivity index is 3.13. The molecule has 0 aliphatic rings. The summed E-state index contributed by atoms with van der Waals surface area (Å²) in [5.74, 6) is 0. The van der Waals surface area contributed by atoms with Crippen LogP contribution in [0.5, 0.6) is 0 Å². The van der Waals surface area contributed by atoms with Crippen molar-refractivity contribution in [3.8, 4) is 0 Å². The summed E-state index contributed by atoms with van der Waals surface area (Å²) in [6, 6.07) is 0.471. The van der Waals surface area contributed by atoms with Crippen molar-refractivity contribution in [3.05, 3.63) is 29.6 Å². The second-order valence-corrected chi connectivity index (χ2v) is 2.18. The molecule has 0 aliphatic carbocycles. The van der Waals surface area contributed by atoms with Gasteiger partial charge in [-0.2, -0.15) is 17.6 Å². The monoisotopic (exact) mass is 193 g/mol. The fourth-order valence-electron chi connectivity index (χ4n) is 0.702. The first-order chi connectivity index (χ1) is 5.91. The largest absolute Gasteiger partial charge is 0.433 e. The van der Waals surface area contributed by atoms with Crippen molar-refractivity contribution in [1.29, 1.82) is 0 Å². The predicted octanol–water partition coefficient (Wildman–Crippen LogP) is 2.21. The summed E-state index contributed by atoms with van der Waals surface area (Å²) in [6.45, 7) is 0. The van der Waals surface area contributed by atoms with Crippen molar-refractivity contribution in [1.82, 2.24) is 4.98 Å². The van der Waals surface area contributed by atoms with Gasteiger partial charge < -0.3 is 0 Å². The van der Waals surface area contributed by atoms with E-state index >= 15 is 0 Å². The van der Waals surface area contributed by atoms with Gasteiger partial charge >= 0.3 is 12.2 Å². The van der Waals surface area contributed by atoms with Crippen LogP contribution in [0.4, 0.5) is 17.6 Å². The zero-order valence-electron chi connectivity index (χ0n) is 6.10. The number of carbonyl (C=O) groups is 1. The van der Waals surface area contributed by atoms with E-state index in [0.717, 1.165) is 12.1 Å². The van der Waals surface area contributed by atoms with Gasteiger partial charge in [-0.05, 0) is 12.1 Å². The highest BCUT2D eigenvalue weighted by Crippen LogP contribution is 2.27. The highest BCUT2D eigenvalue weighted by Gasteiger charge is 2.32. The van der Waals surface area contributed by atoms with E-state index in [1.165, 1.54) is 0 Å². The summed E-state index contributed by atoms with van der Waals surface area (Å²) in [5.41, 5.74) is -2.12. The Morgan fingerprint density at radius 3 is 2.38 bits per heavy atom. The SMILES string of the molecule is O=C(F)c1cccc(C(F)(F)F)n1. The standard InChI is InChI=1S/C7H3F4NO/c8-6(13)4-2-1-3-5(12-4)7(9,10)11/h1-3H. The van der Waals surface area contributed by atoms with Crippen molar-refractivity contribution in [2.75, 3.05) is 0 Å². The molecule has 0 amide bonds. The quantitative estimate of drug-likeness (QED) is 0.505. The van der Waals surface area contributed by atoms with E-state index in [-0.39, 0.29) is 0 Å². The molecule has 2 nitrogen and oxygen atoms in total. The molecule has 0 fully saturated rings. The number of aromatic nitrogens is 1. The predicted molar refractivity (Wildman–Crippen MR) is 34.7 cm³/mol. The lowest BCUT2D eigenvalue weighted by Crippen LogP contribution is -2.10. The summed E-state index contributed by atoms with van der Waals surface area (Å²) in [5, 5.41) is 0. The molecule has 13 heavy (non-hydrogen) atoms. The molecule has 1 aromatic heterocycles. The molecule has 0 N–H and O–H groups in total. The van der Waals surface area contributed by atoms with Crippen LogP contribution < -0.4 is 0 Å². The molecule has 0 saturated carbocycles. The zero-order valence-corrected chi connectivity index (χ0v) is 6.10. The van der Waals surface area contributed by atoms with Crippen LogP contribution >= 0.6 is 0 Å². The molecule has 0 atom stereocenters. The van der Waals surface area contributed by atoms with Gasteiger partial charge in [0, 0.05) is 0 Å². The Labute approximate surface area is 70.2 Å². The van der Waals surface area contributed by atoms with Crippen LogP contribution in [0.2, 0.25) is 0 Å². The lowest BCUT2D eigenvalue weighted by molar-refractivity contribution is -0.141. The maximum absolute atomic E-state index is 11.9. The van der Waals surface area contributed by atoms with E-state index in [1.807, 2.05) is 0 Å². The Bertz CT molecular complexity index is 334. The Hall–Kier alpha value is -1.46. The van der Waals surface area contributed by atoms with Crippen molar-refractivity contribution in [2.45, 2.75) is 6.18 Å². The number of halogens is 4. The second kappa shape index (κ2) is 3.12. The molecule has 0 spiro atoms. The molecule has 0 unspecified atom stereocenters. The molecule has 6 heteroatoms. The zero-order chi connectivity index (χ0) is 10.1. The summed E-state index contributed by atoms with van der Waals surface area (Å²) < 4.78 is 47.7. The number of pyridine rings is 1. The molecular weight excluding hydrogens is 190 g/mol. The molecule has 1 rings (SSSR count). The highest BCUT2D eigenvalue weighted by molar-refractivity contribution is 5.86. The summed E-state index contributed by atoms with van der Waals surface area (Å²) in [6.07, 6.45) is -4.66. The summed E-state index contributed by atoms with van der Waals surface area (Å²) >= 11 is 0. The van der Waals surface area contributed by atoms with Gasteiger partial charge in [-0.15, -0.1) is 0 Å². The number of carbonyl (C=O) groups excluding carboxylic acids is 1. The van der Waals surface area contributed by atoms with E-state index in [9.17, 15) is 22.4 Å². The third-order valence-electron chi connectivity index (χ3n) is 1.24. The number of alkyl halides is 3. The first-order valence-corrected chi connectivity index (χ1v) is 3.15. The van der Waals surface area contributed by atoms with E-state index in [0.29, 0.717) is 6.07 Å². The van der Waals surface area contributed by atoms with E-state index in [2.05, 4.69) is 4.98 Å². The van der Waals surface area contributed by atoms with Crippen molar-refractivity contribution in [2.24, 2.45) is 0 Å². The molecule has 0 aliphatic heterocycles. The minimum atomic E-state index is -4.66. The van der Waals surface area contributed by atoms with Gasteiger partial charge in [0.1, 0.15) is 11.4 Å². The van der Waals surface area contributed by atoms with Gasteiger partial charge in [0.05, 0.1) is 0 Å². The fraction of sp³-hybridized carbons (Fsp3) is 0.143. The number of hydrogen-bond acceptors (Lipinski definition) is 2. The van der Waals surface area contributed by atoms with Crippen LogP contribution in [0.25, 0.3) is 0 Å². The molecule has 0 aromatic carbocycles. The third-order valence-corrected chi connectivity index (χ3v) is 1.24. The Morgan fingerprint density at radius 2 is 1.92 bits per heavy atom. The highest BCUT2D eigenvalue weighted by atomic mass is 19.4. The normalized spacial score (nSPS) is 11.4. The average Bonchev–Trinajstić information content (AvgIpc) is 2.03. The number of rotatable bonds is 1. The molecule has 0 saturated heterocycles. The number of nitrogens with zero attached hydrogens (tertiary/aromatic N) is 1. The molecule has 0 bridgehead atoms. The van der Waals surface area contributed by atoms with Crippen molar-refractivity contribution < 1.29 is 22.4 Å². The van der Waals surface area contributed by atoms with Gasteiger partial charge in [0.2, 0.25) is 0 Å². The molecule has 70 valence electrons. The van der Waals surface area contributed by atoms with Gasteiger partial charge in [-0.1, -0.05) is 6.07 Å². The lowest BCUT2D eigenvalue weighted by atomic mass is 10.3. The van der Waals surface area contributed by atoms with Crippen molar-refractivity contribution in [3.63, 3.8) is 0 Å². The van der Waals surface area contributed by atoms with E-state index < -0.39 is 23.6 Å². The smallest absolute Gasteiger partial charge is 0.254 e. The van der Waals surface area contributed by atoms with Crippen LogP contribution in [0, 0.1) is 0 Å². The summed E-state index contributed by atoms with van der Waals surface area (Å²) in [4.78, 5) is 12.8. The van der Waals surface area contributed by atoms with Gasteiger partial charge in [-0.3, -0.25) is 4.79 Å². The maximum atomic E-state index is 11.9. The van der Waals surface area contributed by atoms with Gasteiger partial charge in [0.15, 0.2) is 0 Å². The molecular formula is C7H3F4NO. The second-order valence-electron chi connectivity index (χ2n) is 2.18. The molecule has 1 heterocycles. The number of hydrogen-bond donors (Lipinski definition) is 0. The van der Waals surface area contributed by atoms with Crippen LogP contribution in [0.1, 0.15) is 16.2 Å². The molecule has 0 radical (unpaired) electrons. The van der Waals surface area contributed by atoms with E-state index in [4.69, 9.17) is 0 Å². The first-order valence-electron chi connectivity index (χ1n) is 3.15. The van der Waals surface area contributed by atoms with Gasteiger partial charge in [0.25, 0.3) is 0 Å². The Morgan fingerprint density at radius 1 is 1.31 bits per heavy atom. The lowest BCUT2D eigenvalue weighted by Gasteiger charge is -2.04. The van der Waals surface area contributed by atoms with Crippen molar-refractivity contribution >= 4 is 6.04 Å². The third kappa shape index (κ3) is 2.24. The minimum absolute atomic E-state index is 0.659. The van der Waals surface area contributed by atoms with Crippen LogP contribution in [0.15, 0.2) is 18.2 Å². The fourth-order valence-corrected chi connectivity index (χ4v) is 0.702. The first kappa shape index (κ1) is 9.63. The van der Waals surface area contributed by atoms with Crippen LogP contribution in [-0.4, -0.2) is 11.0 Å². The Kier molecular flexibility index (Phi) is 2.31. The topological polar surface area (TPSA) is 30.0 Å². The minimum Gasteiger partial charge on any atom is -0.254 e. The maximum Gasteiger partial charge on any atom is 0.433 e.